The van der Waals surface area contributed by atoms with Gasteiger partial charge >= 0.3 is 0 Å². The second-order valence-corrected chi connectivity index (χ2v) is 7.13. The molecular formula is C17H24N2OS. The van der Waals surface area contributed by atoms with Crippen molar-refractivity contribution in [1.29, 1.82) is 0 Å². The maximum absolute atomic E-state index is 12.2. The number of benzene rings is 1. The number of hydrogen-bond donors (Lipinski definition) is 0. The molecule has 0 aliphatic carbocycles. The Labute approximate surface area is 131 Å². The van der Waals surface area contributed by atoms with E-state index in [0.717, 1.165) is 13.1 Å². The molecule has 0 saturated carbocycles. The van der Waals surface area contributed by atoms with E-state index in [0.29, 0.717) is 11.7 Å². The first-order valence-corrected chi connectivity index (χ1v) is 8.99. The smallest absolute Gasteiger partial charge is 0.233 e. The van der Waals surface area contributed by atoms with Crippen LogP contribution in [0.2, 0.25) is 0 Å². The van der Waals surface area contributed by atoms with Crippen molar-refractivity contribution in [2.24, 2.45) is 0 Å². The van der Waals surface area contributed by atoms with Crippen LogP contribution in [0.15, 0.2) is 24.3 Å². The zero-order valence-corrected chi connectivity index (χ0v) is 13.6. The number of likely N-dealkylation sites (tertiary alicyclic amines) is 1. The van der Waals surface area contributed by atoms with E-state index in [4.69, 9.17) is 0 Å². The molecule has 0 radical (unpaired) electrons. The van der Waals surface area contributed by atoms with Crippen molar-refractivity contribution in [2.45, 2.75) is 31.6 Å². The summed E-state index contributed by atoms with van der Waals surface area (Å²) in [5.41, 5.74) is 2.53. The third kappa shape index (κ3) is 3.61. The Bertz CT molecular complexity index is 482. The van der Waals surface area contributed by atoms with Gasteiger partial charge in [-0.2, -0.15) is 0 Å². The maximum atomic E-state index is 12.2. The molecule has 0 aromatic heterocycles. The van der Waals surface area contributed by atoms with E-state index in [2.05, 4.69) is 41.0 Å². The van der Waals surface area contributed by atoms with Crippen LogP contribution >= 0.6 is 11.8 Å². The zero-order valence-electron chi connectivity index (χ0n) is 12.8. The number of carbonyl (C=O) groups is 1. The molecule has 0 bridgehead atoms. The normalized spacial score (nSPS) is 23.8. The fraction of sp³-hybridized carbons (Fsp3) is 0.588. The van der Waals surface area contributed by atoms with Gasteiger partial charge in [-0.3, -0.25) is 4.79 Å². The summed E-state index contributed by atoms with van der Waals surface area (Å²) in [5, 5.41) is 0.211. The van der Waals surface area contributed by atoms with Crippen molar-refractivity contribution in [3.05, 3.63) is 35.4 Å². The van der Waals surface area contributed by atoms with E-state index in [1.807, 2.05) is 0 Å². The van der Waals surface area contributed by atoms with Crippen LogP contribution in [0, 0.1) is 6.92 Å². The van der Waals surface area contributed by atoms with Crippen LogP contribution in [0.25, 0.3) is 0 Å². The average molecular weight is 304 g/mol. The van der Waals surface area contributed by atoms with E-state index in [-0.39, 0.29) is 5.37 Å². The van der Waals surface area contributed by atoms with Crippen LogP contribution in [-0.4, -0.2) is 47.6 Å². The summed E-state index contributed by atoms with van der Waals surface area (Å²) >= 11 is 1.76. The van der Waals surface area contributed by atoms with Gasteiger partial charge in [0.05, 0.1) is 5.75 Å². The van der Waals surface area contributed by atoms with Crippen LogP contribution in [0.5, 0.6) is 0 Å². The molecule has 2 saturated heterocycles. The van der Waals surface area contributed by atoms with Gasteiger partial charge in [0.15, 0.2) is 0 Å². The number of hydrogen-bond acceptors (Lipinski definition) is 3. The van der Waals surface area contributed by atoms with Crippen molar-refractivity contribution in [2.75, 3.05) is 31.9 Å². The molecule has 2 fully saturated rings. The minimum atomic E-state index is 0.211. The molecule has 21 heavy (non-hydrogen) atoms. The summed E-state index contributed by atoms with van der Waals surface area (Å²) in [4.78, 5) is 16.8. The average Bonchev–Trinajstić information content (AvgIpc) is 2.88. The van der Waals surface area contributed by atoms with Gasteiger partial charge in [-0.15, -0.1) is 11.8 Å². The molecule has 3 nitrogen and oxygen atoms in total. The number of thioether (sulfide) groups is 1. The summed E-state index contributed by atoms with van der Waals surface area (Å²) in [6, 6.07) is 8.61. The van der Waals surface area contributed by atoms with Gasteiger partial charge in [0.25, 0.3) is 0 Å². The zero-order chi connectivity index (χ0) is 14.7. The van der Waals surface area contributed by atoms with Gasteiger partial charge < -0.3 is 9.80 Å². The van der Waals surface area contributed by atoms with Crippen molar-refractivity contribution in [3.63, 3.8) is 0 Å². The molecule has 0 N–H and O–H groups in total. The van der Waals surface area contributed by atoms with Gasteiger partial charge in [0, 0.05) is 13.1 Å². The third-order valence-corrected chi connectivity index (χ3v) is 5.69. The Hall–Kier alpha value is -1.00. The molecule has 114 valence electrons. The van der Waals surface area contributed by atoms with Gasteiger partial charge in [-0.1, -0.05) is 36.2 Å². The molecule has 0 spiro atoms. The van der Waals surface area contributed by atoms with Crippen LogP contribution in [0.4, 0.5) is 0 Å². The van der Waals surface area contributed by atoms with Crippen molar-refractivity contribution in [3.8, 4) is 0 Å². The number of rotatable bonds is 4. The number of amides is 1. The highest BCUT2D eigenvalue weighted by Gasteiger charge is 2.32. The molecule has 0 unspecified atom stereocenters. The first kappa shape index (κ1) is 14.9. The summed E-state index contributed by atoms with van der Waals surface area (Å²) < 4.78 is 0. The largest absolute Gasteiger partial charge is 0.325 e. The monoisotopic (exact) mass is 304 g/mol. The highest BCUT2D eigenvalue weighted by atomic mass is 32.2. The molecule has 1 atom stereocenters. The third-order valence-electron chi connectivity index (χ3n) is 4.44. The number of nitrogens with zero attached hydrogens (tertiary/aromatic N) is 2. The molecule has 3 rings (SSSR count). The standard InChI is InChI=1S/C17H24N2OS/c1-14-5-7-15(8-6-14)17-19(16(20)13-21-17)12-11-18-9-3-2-4-10-18/h5-8,17H,2-4,9-13H2,1H3/t17-/m1/s1. The topological polar surface area (TPSA) is 23.6 Å². The number of piperidine rings is 1. The van der Waals surface area contributed by atoms with E-state index >= 15 is 0 Å². The molecular weight excluding hydrogens is 280 g/mol. The highest BCUT2D eigenvalue weighted by molar-refractivity contribution is 8.00. The second-order valence-electron chi connectivity index (χ2n) is 6.06. The fourth-order valence-electron chi connectivity index (χ4n) is 3.14. The first-order chi connectivity index (χ1) is 10.2. The number of aryl methyl sites for hydroxylation is 1. The summed E-state index contributed by atoms with van der Waals surface area (Å²) in [7, 11) is 0. The molecule has 1 aromatic rings. The lowest BCUT2D eigenvalue weighted by atomic mass is 10.1. The SMILES string of the molecule is Cc1ccc([C@H]2SCC(=O)N2CCN2CCCCC2)cc1. The van der Waals surface area contributed by atoms with Crippen LogP contribution in [-0.2, 0) is 4.79 Å². The van der Waals surface area contributed by atoms with E-state index in [9.17, 15) is 4.79 Å². The molecule has 1 amide bonds. The van der Waals surface area contributed by atoms with Crippen molar-refractivity contribution in [1.82, 2.24) is 9.80 Å². The van der Waals surface area contributed by atoms with Gasteiger partial charge in [0.2, 0.25) is 5.91 Å². The molecule has 4 heteroatoms. The van der Waals surface area contributed by atoms with Crippen LogP contribution < -0.4 is 0 Å². The van der Waals surface area contributed by atoms with Crippen LogP contribution in [0.3, 0.4) is 0 Å². The molecule has 2 aliphatic rings. The Balaban J connectivity index is 1.63. The Morgan fingerprint density at radius 3 is 2.52 bits per heavy atom. The number of carbonyl (C=O) groups excluding carboxylic acids is 1. The predicted octanol–water partition coefficient (Wildman–Crippen LogP) is 3.05. The van der Waals surface area contributed by atoms with Crippen molar-refractivity contribution < 1.29 is 4.79 Å². The Kier molecular flexibility index (Phi) is 4.86. The Morgan fingerprint density at radius 1 is 1.10 bits per heavy atom. The maximum Gasteiger partial charge on any atom is 0.233 e. The molecule has 2 aliphatic heterocycles. The first-order valence-electron chi connectivity index (χ1n) is 7.94. The lowest BCUT2D eigenvalue weighted by Gasteiger charge is -2.30. The summed E-state index contributed by atoms with van der Waals surface area (Å²) in [5.74, 6) is 0.918. The van der Waals surface area contributed by atoms with E-state index in [1.165, 1.54) is 43.5 Å². The predicted molar refractivity (Wildman–Crippen MR) is 88.4 cm³/mol. The quantitative estimate of drug-likeness (QED) is 0.854. The minimum Gasteiger partial charge on any atom is -0.325 e. The molecule has 2 heterocycles. The second kappa shape index (κ2) is 6.84. The highest BCUT2D eigenvalue weighted by Crippen LogP contribution is 2.38. The van der Waals surface area contributed by atoms with Crippen molar-refractivity contribution >= 4 is 17.7 Å². The fourth-order valence-corrected chi connectivity index (χ4v) is 4.35. The minimum absolute atomic E-state index is 0.211. The van der Waals surface area contributed by atoms with Gasteiger partial charge in [-0.25, -0.2) is 0 Å². The van der Waals surface area contributed by atoms with E-state index < -0.39 is 0 Å². The van der Waals surface area contributed by atoms with Crippen LogP contribution in [0.1, 0.15) is 35.8 Å². The van der Waals surface area contributed by atoms with Gasteiger partial charge in [0.1, 0.15) is 5.37 Å². The Morgan fingerprint density at radius 2 is 1.81 bits per heavy atom. The lowest BCUT2D eigenvalue weighted by Crippen LogP contribution is -2.39. The van der Waals surface area contributed by atoms with E-state index in [1.54, 1.807) is 11.8 Å². The summed E-state index contributed by atoms with van der Waals surface area (Å²) in [6.07, 6.45) is 3.98. The molecule has 1 aromatic carbocycles. The summed E-state index contributed by atoms with van der Waals surface area (Å²) in [6.45, 7) is 6.39. The van der Waals surface area contributed by atoms with Gasteiger partial charge in [-0.05, 0) is 38.4 Å². The lowest BCUT2D eigenvalue weighted by molar-refractivity contribution is -0.128.